The normalized spacial score (nSPS) is 9.10. The largest absolute Gasteiger partial charge is 0.336 e. The summed E-state index contributed by atoms with van der Waals surface area (Å²) < 4.78 is 2.02. The Morgan fingerprint density at radius 1 is 1.05 bits per heavy atom. The predicted molar refractivity (Wildman–Crippen MR) is 88.8 cm³/mol. The molecule has 0 saturated heterocycles. The Balaban J connectivity index is 0.000000829. The second kappa shape index (κ2) is 11.2. The molecule has 1 aromatic heterocycles. The van der Waals surface area contributed by atoms with Crippen LogP contribution < -0.4 is 5.73 Å². The van der Waals surface area contributed by atoms with E-state index in [1.165, 1.54) is 5.56 Å². The first-order valence-corrected chi connectivity index (χ1v) is 7.64. The topological polar surface area (TPSA) is 43.8 Å². The van der Waals surface area contributed by atoms with E-state index in [0.717, 1.165) is 24.2 Å². The van der Waals surface area contributed by atoms with Crippen LogP contribution in [-0.4, -0.2) is 16.1 Å². The highest BCUT2D eigenvalue weighted by atomic mass is 15.0. The summed E-state index contributed by atoms with van der Waals surface area (Å²) in [6.45, 7) is 11.6. The van der Waals surface area contributed by atoms with E-state index in [-0.39, 0.29) is 0 Å². The molecule has 0 atom stereocenters. The number of imidazole rings is 1. The molecular weight excluding hydrogens is 246 g/mol. The Bertz CT molecular complexity index is 444. The molecule has 0 spiro atoms. The van der Waals surface area contributed by atoms with E-state index in [2.05, 4.69) is 36.2 Å². The summed E-state index contributed by atoms with van der Waals surface area (Å²) in [7, 11) is 0. The number of nitrogens with zero attached hydrogens (tertiary/aromatic N) is 2. The molecule has 3 nitrogen and oxygen atoms in total. The molecule has 112 valence electrons. The lowest BCUT2D eigenvalue weighted by Gasteiger charge is -1.99. The van der Waals surface area contributed by atoms with Gasteiger partial charge >= 0.3 is 0 Å². The van der Waals surface area contributed by atoms with Crippen LogP contribution in [-0.2, 0) is 13.0 Å². The molecule has 0 aliphatic heterocycles. The average molecular weight is 275 g/mol. The quantitative estimate of drug-likeness (QED) is 0.912. The first kappa shape index (κ1) is 18.4. The zero-order valence-corrected chi connectivity index (χ0v) is 13.6. The van der Waals surface area contributed by atoms with Gasteiger partial charge in [0.2, 0.25) is 0 Å². The highest BCUT2D eigenvalue weighted by Gasteiger charge is 2.01. The summed E-state index contributed by atoms with van der Waals surface area (Å²) in [6, 6.07) is 8.54. The number of aryl methyl sites for hydroxylation is 1. The van der Waals surface area contributed by atoms with Crippen molar-refractivity contribution in [3.05, 3.63) is 42.4 Å². The SMILES string of the molecule is CC.CC.CCc1ccc(-c2cn(CCN)cn2)cc1. The van der Waals surface area contributed by atoms with Crippen LogP contribution in [0, 0.1) is 0 Å². The van der Waals surface area contributed by atoms with Crippen molar-refractivity contribution in [2.24, 2.45) is 5.73 Å². The van der Waals surface area contributed by atoms with Crippen molar-refractivity contribution in [3.63, 3.8) is 0 Å². The zero-order chi connectivity index (χ0) is 15.4. The molecule has 1 aromatic carbocycles. The molecule has 0 unspecified atom stereocenters. The lowest BCUT2D eigenvalue weighted by molar-refractivity contribution is 0.708. The third kappa shape index (κ3) is 5.57. The molecular formula is C17H29N3. The summed E-state index contributed by atoms with van der Waals surface area (Å²) >= 11 is 0. The van der Waals surface area contributed by atoms with Gasteiger partial charge in [-0.25, -0.2) is 4.98 Å². The van der Waals surface area contributed by atoms with Crippen molar-refractivity contribution in [3.8, 4) is 11.3 Å². The Morgan fingerprint density at radius 3 is 2.15 bits per heavy atom. The number of hydrogen-bond donors (Lipinski definition) is 1. The molecule has 0 saturated carbocycles. The van der Waals surface area contributed by atoms with Crippen molar-refractivity contribution < 1.29 is 0 Å². The van der Waals surface area contributed by atoms with Crippen molar-refractivity contribution >= 4 is 0 Å². The standard InChI is InChI=1S/C13H17N3.2C2H6/c1-2-11-3-5-12(6-4-11)13-9-16(8-7-14)10-15-13;2*1-2/h3-6,9-10H,2,7-8,14H2,1H3;2*1-2H3. The minimum Gasteiger partial charge on any atom is -0.336 e. The molecule has 3 heteroatoms. The maximum atomic E-state index is 5.50. The van der Waals surface area contributed by atoms with Gasteiger partial charge in [-0.05, 0) is 12.0 Å². The Hall–Kier alpha value is -1.61. The molecule has 1 heterocycles. The van der Waals surface area contributed by atoms with Gasteiger partial charge in [0.25, 0.3) is 0 Å². The fourth-order valence-corrected chi connectivity index (χ4v) is 1.69. The second-order valence-corrected chi connectivity index (χ2v) is 3.84. The van der Waals surface area contributed by atoms with Crippen LogP contribution in [0.25, 0.3) is 11.3 Å². The van der Waals surface area contributed by atoms with Gasteiger partial charge in [-0.2, -0.15) is 0 Å². The van der Waals surface area contributed by atoms with Crippen molar-refractivity contribution in [2.45, 2.75) is 47.6 Å². The highest BCUT2D eigenvalue weighted by molar-refractivity contribution is 5.58. The number of nitrogens with two attached hydrogens (primary N) is 1. The lowest BCUT2D eigenvalue weighted by atomic mass is 10.1. The molecule has 0 fully saturated rings. The summed E-state index contributed by atoms with van der Waals surface area (Å²) in [5.74, 6) is 0. The predicted octanol–water partition coefficient (Wildman–Crippen LogP) is 4.12. The average Bonchev–Trinajstić information content (AvgIpc) is 3.00. The third-order valence-electron chi connectivity index (χ3n) is 2.68. The molecule has 0 aliphatic carbocycles. The Labute approximate surface area is 123 Å². The summed E-state index contributed by atoms with van der Waals surface area (Å²) in [4.78, 5) is 4.37. The van der Waals surface area contributed by atoms with Crippen LogP contribution in [0.3, 0.4) is 0 Å². The van der Waals surface area contributed by atoms with E-state index in [1.807, 2.05) is 44.8 Å². The van der Waals surface area contributed by atoms with Gasteiger partial charge in [-0.1, -0.05) is 58.9 Å². The van der Waals surface area contributed by atoms with Gasteiger partial charge in [-0.15, -0.1) is 0 Å². The monoisotopic (exact) mass is 275 g/mol. The van der Waals surface area contributed by atoms with Gasteiger partial charge in [0.1, 0.15) is 0 Å². The van der Waals surface area contributed by atoms with Crippen molar-refractivity contribution in [1.29, 1.82) is 0 Å². The second-order valence-electron chi connectivity index (χ2n) is 3.84. The fourth-order valence-electron chi connectivity index (χ4n) is 1.69. The van der Waals surface area contributed by atoms with E-state index < -0.39 is 0 Å². The zero-order valence-electron chi connectivity index (χ0n) is 13.6. The van der Waals surface area contributed by atoms with Crippen LogP contribution >= 0.6 is 0 Å². The molecule has 2 rings (SSSR count). The van der Waals surface area contributed by atoms with Crippen LogP contribution in [0.1, 0.15) is 40.2 Å². The molecule has 2 N–H and O–H groups in total. The van der Waals surface area contributed by atoms with Gasteiger partial charge in [-0.3, -0.25) is 0 Å². The van der Waals surface area contributed by atoms with Crippen molar-refractivity contribution in [2.75, 3.05) is 6.54 Å². The number of rotatable bonds is 4. The van der Waals surface area contributed by atoms with Crippen LogP contribution in [0.15, 0.2) is 36.8 Å². The number of benzene rings is 1. The molecule has 2 aromatic rings. The van der Waals surface area contributed by atoms with Crippen LogP contribution in [0.2, 0.25) is 0 Å². The van der Waals surface area contributed by atoms with E-state index in [0.29, 0.717) is 6.54 Å². The van der Waals surface area contributed by atoms with Crippen LogP contribution in [0.4, 0.5) is 0 Å². The molecule has 0 radical (unpaired) electrons. The number of hydrogen-bond acceptors (Lipinski definition) is 2. The molecule has 0 aliphatic rings. The van der Waals surface area contributed by atoms with E-state index in [1.54, 1.807) is 0 Å². The van der Waals surface area contributed by atoms with Crippen LogP contribution in [0.5, 0.6) is 0 Å². The summed E-state index contributed by atoms with van der Waals surface area (Å²) in [6.07, 6.45) is 4.94. The van der Waals surface area contributed by atoms with Gasteiger partial charge in [0.15, 0.2) is 0 Å². The number of aromatic nitrogens is 2. The van der Waals surface area contributed by atoms with Crippen molar-refractivity contribution in [1.82, 2.24) is 9.55 Å². The summed E-state index contributed by atoms with van der Waals surface area (Å²) in [5, 5.41) is 0. The molecule has 0 amide bonds. The minimum atomic E-state index is 0.643. The molecule has 0 bridgehead atoms. The Kier molecular flexibility index (Phi) is 10.3. The van der Waals surface area contributed by atoms with Gasteiger partial charge in [0.05, 0.1) is 12.0 Å². The fraction of sp³-hybridized carbons (Fsp3) is 0.471. The maximum absolute atomic E-state index is 5.50. The third-order valence-corrected chi connectivity index (χ3v) is 2.68. The molecule has 20 heavy (non-hydrogen) atoms. The minimum absolute atomic E-state index is 0.643. The smallest absolute Gasteiger partial charge is 0.0954 e. The highest BCUT2D eigenvalue weighted by Crippen LogP contribution is 2.17. The van der Waals surface area contributed by atoms with E-state index in [9.17, 15) is 0 Å². The first-order valence-electron chi connectivity index (χ1n) is 7.64. The van der Waals surface area contributed by atoms with Gasteiger partial charge < -0.3 is 10.3 Å². The summed E-state index contributed by atoms with van der Waals surface area (Å²) in [5.41, 5.74) is 9.02. The van der Waals surface area contributed by atoms with Gasteiger partial charge in [0, 0.05) is 24.8 Å². The van der Waals surface area contributed by atoms with E-state index >= 15 is 0 Å². The maximum Gasteiger partial charge on any atom is 0.0954 e. The lowest BCUT2D eigenvalue weighted by Crippen LogP contribution is -2.07. The Morgan fingerprint density at radius 2 is 1.65 bits per heavy atom. The first-order chi connectivity index (χ1) is 9.83. The van der Waals surface area contributed by atoms with E-state index in [4.69, 9.17) is 5.73 Å².